The number of fused-ring (bicyclic) bond motifs is 1. The molecule has 2 aromatic carbocycles. The Hall–Kier alpha value is -2.79. The Morgan fingerprint density at radius 3 is 2.59 bits per heavy atom. The Morgan fingerprint density at radius 2 is 1.81 bits per heavy atom. The summed E-state index contributed by atoms with van der Waals surface area (Å²) in [5.41, 5.74) is 2.45. The molecule has 3 heterocycles. The van der Waals surface area contributed by atoms with E-state index < -0.39 is 0 Å². The monoisotopic (exact) mass is 361 g/mol. The van der Waals surface area contributed by atoms with Gasteiger partial charge < -0.3 is 15.3 Å². The van der Waals surface area contributed by atoms with Crippen molar-refractivity contribution < 1.29 is 5.11 Å². The second-order valence-electron chi connectivity index (χ2n) is 7.88. The average molecular weight is 361 g/mol. The predicted molar refractivity (Wildman–Crippen MR) is 108 cm³/mol. The number of pyridine rings is 1. The van der Waals surface area contributed by atoms with E-state index in [2.05, 4.69) is 22.3 Å². The number of anilines is 1. The van der Waals surface area contributed by atoms with Gasteiger partial charge in [-0.15, -0.1) is 0 Å². The summed E-state index contributed by atoms with van der Waals surface area (Å²) < 4.78 is 1.66. The molecular weight excluding hydrogens is 338 g/mol. The average Bonchev–Trinajstić information content (AvgIpc) is 3.32. The van der Waals surface area contributed by atoms with Gasteiger partial charge in [0.2, 0.25) is 0 Å². The number of aromatic nitrogens is 1. The van der Waals surface area contributed by atoms with E-state index in [1.807, 2.05) is 18.2 Å². The highest BCUT2D eigenvalue weighted by atomic mass is 16.3. The molecule has 0 bridgehead atoms. The molecule has 0 unspecified atom stereocenters. The zero-order valence-electron chi connectivity index (χ0n) is 15.2. The molecule has 138 valence electrons. The van der Waals surface area contributed by atoms with Crippen molar-refractivity contribution in [3.05, 3.63) is 65.1 Å². The SMILES string of the molecule is O=c1c2ccc(O)cc2ccn1-c1ccc(N2CC[C@]3(CCNC3)C2)cc1. The quantitative estimate of drug-likeness (QED) is 0.737. The molecule has 5 heteroatoms. The highest BCUT2D eigenvalue weighted by Gasteiger charge is 2.40. The molecule has 5 rings (SSSR count). The first kappa shape index (κ1) is 16.4. The van der Waals surface area contributed by atoms with E-state index in [-0.39, 0.29) is 11.3 Å². The lowest BCUT2D eigenvalue weighted by Gasteiger charge is -2.24. The minimum atomic E-state index is -0.0718. The number of phenols is 1. The second kappa shape index (κ2) is 6.13. The molecule has 27 heavy (non-hydrogen) atoms. The van der Waals surface area contributed by atoms with E-state index in [1.165, 1.54) is 18.5 Å². The molecule has 2 fully saturated rings. The largest absolute Gasteiger partial charge is 0.508 e. The maximum absolute atomic E-state index is 12.8. The Kier molecular flexibility index (Phi) is 3.72. The molecule has 1 spiro atoms. The molecule has 1 atom stereocenters. The summed E-state index contributed by atoms with van der Waals surface area (Å²) in [5.74, 6) is 0.171. The number of aromatic hydroxyl groups is 1. The predicted octanol–water partition coefficient (Wildman–Crippen LogP) is 2.89. The van der Waals surface area contributed by atoms with Crippen LogP contribution in [0.25, 0.3) is 16.5 Å². The maximum atomic E-state index is 12.8. The third-order valence-electron chi connectivity index (χ3n) is 6.15. The van der Waals surface area contributed by atoms with Gasteiger partial charge in [0, 0.05) is 48.0 Å². The lowest BCUT2D eigenvalue weighted by molar-refractivity contribution is 0.369. The van der Waals surface area contributed by atoms with Gasteiger partial charge in [0.15, 0.2) is 0 Å². The van der Waals surface area contributed by atoms with Crippen molar-refractivity contribution in [2.24, 2.45) is 5.41 Å². The first-order valence-electron chi connectivity index (χ1n) is 9.54. The first-order chi connectivity index (χ1) is 13.1. The molecule has 3 aromatic rings. The number of hydrogen-bond acceptors (Lipinski definition) is 4. The van der Waals surface area contributed by atoms with Gasteiger partial charge in [-0.1, -0.05) is 0 Å². The van der Waals surface area contributed by atoms with Crippen LogP contribution in [0.3, 0.4) is 0 Å². The summed E-state index contributed by atoms with van der Waals surface area (Å²) in [7, 11) is 0. The smallest absolute Gasteiger partial charge is 0.262 e. The van der Waals surface area contributed by atoms with Gasteiger partial charge in [0.05, 0.1) is 0 Å². The molecule has 0 saturated carbocycles. The van der Waals surface area contributed by atoms with Gasteiger partial charge in [-0.25, -0.2) is 0 Å². The Morgan fingerprint density at radius 1 is 1.00 bits per heavy atom. The summed E-state index contributed by atoms with van der Waals surface area (Å²) in [6, 6.07) is 15.0. The van der Waals surface area contributed by atoms with Crippen LogP contribution in [-0.2, 0) is 0 Å². The van der Waals surface area contributed by atoms with Crippen molar-refractivity contribution in [1.82, 2.24) is 9.88 Å². The number of phenolic OH excluding ortho intramolecular Hbond substituents is 1. The maximum Gasteiger partial charge on any atom is 0.262 e. The number of nitrogens with zero attached hydrogens (tertiary/aromatic N) is 2. The molecule has 0 aliphatic carbocycles. The summed E-state index contributed by atoms with van der Waals surface area (Å²) in [5, 5.41) is 14.5. The summed E-state index contributed by atoms with van der Waals surface area (Å²) in [6.45, 7) is 4.47. The number of rotatable bonds is 2. The fraction of sp³-hybridized carbons (Fsp3) is 0.318. The van der Waals surface area contributed by atoms with E-state index in [1.54, 1.807) is 29.0 Å². The second-order valence-corrected chi connectivity index (χ2v) is 7.88. The normalized spacial score (nSPS) is 22.1. The third kappa shape index (κ3) is 2.79. The zero-order chi connectivity index (χ0) is 18.4. The lowest BCUT2D eigenvalue weighted by atomic mass is 9.86. The highest BCUT2D eigenvalue weighted by Crippen LogP contribution is 2.38. The van der Waals surface area contributed by atoms with Crippen LogP contribution in [0.5, 0.6) is 5.75 Å². The van der Waals surface area contributed by atoms with Crippen LogP contribution < -0.4 is 15.8 Å². The first-order valence-corrected chi connectivity index (χ1v) is 9.54. The summed E-state index contributed by atoms with van der Waals surface area (Å²) in [6.07, 6.45) is 4.29. The lowest BCUT2D eigenvalue weighted by Crippen LogP contribution is -2.29. The fourth-order valence-electron chi connectivity index (χ4n) is 4.56. The van der Waals surface area contributed by atoms with Crippen LogP contribution in [0.1, 0.15) is 12.8 Å². The zero-order valence-corrected chi connectivity index (χ0v) is 15.2. The minimum Gasteiger partial charge on any atom is -0.508 e. The van der Waals surface area contributed by atoms with Crippen molar-refractivity contribution in [1.29, 1.82) is 0 Å². The van der Waals surface area contributed by atoms with Crippen molar-refractivity contribution in [3.63, 3.8) is 0 Å². The Bertz CT molecular complexity index is 1050. The topological polar surface area (TPSA) is 57.5 Å². The Labute approximate surface area is 157 Å². The molecule has 0 radical (unpaired) electrons. The molecule has 0 amide bonds. The van der Waals surface area contributed by atoms with Crippen LogP contribution in [-0.4, -0.2) is 35.9 Å². The van der Waals surface area contributed by atoms with Crippen molar-refractivity contribution >= 4 is 16.5 Å². The molecule has 5 nitrogen and oxygen atoms in total. The molecular formula is C22H23N3O2. The van der Waals surface area contributed by atoms with Gasteiger partial charge in [-0.05, 0) is 73.3 Å². The van der Waals surface area contributed by atoms with Crippen LogP contribution in [0.15, 0.2) is 59.5 Å². The van der Waals surface area contributed by atoms with E-state index in [4.69, 9.17) is 0 Å². The van der Waals surface area contributed by atoms with Crippen molar-refractivity contribution in [2.75, 3.05) is 31.1 Å². The summed E-state index contributed by atoms with van der Waals surface area (Å²) in [4.78, 5) is 15.3. The van der Waals surface area contributed by atoms with Crippen LogP contribution in [0, 0.1) is 5.41 Å². The molecule has 2 saturated heterocycles. The molecule has 2 N–H and O–H groups in total. The highest BCUT2D eigenvalue weighted by molar-refractivity contribution is 5.83. The van der Waals surface area contributed by atoms with Gasteiger partial charge in [0.1, 0.15) is 5.75 Å². The third-order valence-corrected chi connectivity index (χ3v) is 6.15. The molecule has 2 aliphatic rings. The van der Waals surface area contributed by atoms with E-state index in [0.29, 0.717) is 10.8 Å². The molecule has 1 aromatic heterocycles. The van der Waals surface area contributed by atoms with Gasteiger partial charge >= 0.3 is 0 Å². The number of hydrogen-bond donors (Lipinski definition) is 2. The number of nitrogens with one attached hydrogen (secondary N) is 1. The van der Waals surface area contributed by atoms with Crippen LogP contribution in [0.4, 0.5) is 5.69 Å². The van der Waals surface area contributed by atoms with E-state index in [0.717, 1.165) is 37.3 Å². The van der Waals surface area contributed by atoms with Gasteiger partial charge in [0.25, 0.3) is 5.56 Å². The number of benzene rings is 2. The van der Waals surface area contributed by atoms with Crippen LogP contribution >= 0.6 is 0 Å². The molecule has 2 aliphatic heterocycles. The van der Waals surface area contributed by atoms with Gasteiger partial charge in [-0.2, -0.15) is 0 Å². The Balaban J connectivity index is 1.44. The van der Waals surface area contributed by atoms with E-state index >= 15 is 0 Å². The summed E-state index contributed by atoms with van der Waals surface area (Å²) >= 11 is 0. The van der Waals surface area contributed by atoms with Crippen molar-refractivity contribution in [3.8, 4) is 11.4 Å². The minimum absolute atomic E-state index is 0.0718. The van der Waals surface area contributed by atoms with Gasteiger partial charge in [-0.3, -0.25) is 9.36 Å². The van der Waals surface area contributed by atoms with Crippen molar-refractivity contribution in [2.45, 2.75) is 12.8 Å². The van der Waals surface area contributed by atoms with Crippen LogP contribution in [0.2, 0.25) is 0 Å². The standard InChI is InChI=1S/C22H23N3O2/c26-19-5-6-20-16(13-19)7-11-25(21(20)27)18-3-1-17(2-4-18)24-12-9-22(15-24)8-10-23-14-22/h1-7,11,13,23,26H,8-10,12,14-15H2/t22-/m0/s1. The van der Waals surface area contributed by atoms with E-state index in [9.17, 15) is 9.90 Å². The fourth-order valence-corrected chi connectivity index (χ4v) is 4.56.